The van der Waals surface area contributed by atoms with Crippen LogP contribution in [0.3, 0.4) is 0 Å². The van der Waals surface area contributed by atoms with Crippen molar-refractivity contribution in [3.63, 3.8) is 0 Å². The predicted molar refractivity (Wildman–Crippen MR) is 62.7 cm³/mol. The number of para-hydroxylation sites is 1. The topological polar surface area (TPSA) is 13.1 Å². The normalized spacial score (nSPS) is 9.33. The lowest BCUT2D eigenvalue weighted by atomic mass is 10.1. The zero-order chi connectivity index (χ0) is 11.3. The van der Waals surface area contributed by atoms with Crippen molar-refractivity contribution in [1.29, 1.82) is 0 Å². The van der Waals surface area contributed by atoms with E-state index in [0.29, 0.717) is 0 Å². The average Bonchev–Trinajstić information content (AvgIpc) is 2.33. The second-order valence-corrected chi connectivity index (χ2v) is 3.02. The van der Waals surface area contributed by atoms with Gasteiger partial charge in [-0.05, 0) is 18.6 Å². The zero-order valence-electron chi connectivity index (χ0n) is 9.82. The van der Waals surface area contributed by atoms with E-state index in [1.165, 1.54) is 10.9 Å². The Bertz CT molecular complexity index is 437. The Morgan fingerprint density at radius 2 is 1.73 bits per heavy atom. The van der Waals surface area contributed by atoms with Crippen LogP contribution in [-0.2, 0) is 0 Å². The van der Waals surface area contributed by atoms with Crippen LogP contribution in [0.15, 0.2) is 36.5 Å². The van der Waals surface area contributed by atoms with Crippen molar-refractivity contribution in [1.82, 2.24) is 0 Å². The summed E-state index contributed by atoms with van der Waals surface area (Å²) in [5, 5.41) is 1.23. The molecule has 1 heterocycles. The molecule has 0 saturated heterocycles. The summed E-state index contributed by atoms with van der Waals surface area (Å²) in [5.74, 6) is 0. The summed E-state index contributed by atoms with van der Waals surface area (Å²) in [6.07, 6.45) is 1.93. The van der Waals surface area contributed by atoms with Crippen LogP contribution in [0.4, 0.5) is 0 Å². The highest BCUT2D eigenvalue weighted by atomic mass is 16.6. The molecule has 0 spiro atoms. The molecule has 0 saturated carbocycles. The van der Waals surface area contributed by atoms with Gasteiger partial charge in [0.15, 0.2) is 0 Å². The van der Waals surface area contributed by atoms with Gasteiger partial charge in [0, 0.05) is 16.9 Å². The molecule has 2 rings (SSSR count). The van der Waals surface area contributed by atoms with E-state index < -0.39 is 0 Å². The smallest absolute Gasteiger partial charge is 0.264 e. The second kappa shape index (κ2) is 5.35. The standard InChI is InChI=1S/C11H12NO.C2H6/c1-9-7-8-12(13-2)11-6-4-3-5-10(9)11;1-2/h3-8H,1-2H3;1-2H3/q+1;. The van der Waals surface area contributed by atoms with Crippen molar-refractivity contribution in [2.75, 3.05) is 7.11 Å². The first kappa shape index (κ1) is 11.5. The first-order chi connectivity index (χ1) is 7.33. The van der Waals surface area contributed by atoms with Crippen LogP contribution in [0, 0.1) is 6.92 Å². The summed E-state index contributed by atoms with van der Waals surface area (Å²) in [4.78, 5) is 5.20. The molecule has 15 heavy (non-hydrogen) atoms. The van der Waals surface area contributed by atoms with Gasteiger partial charge in [0.05, 0.1) is 5.39 Å². The SMILES string of the molecule is CC.CO[n+]1ccc(C)c2ccccc21. The van der Waals surface area contributed by atoms with Crippen molar-refractivity contribution in [2.45, 2.75) is 20.8 Å². The number of pyridine rings is 1. The number of hydrogen-bond acceptors (Lipinski definition) is 1. The number of aryl methyl sites for hydroxylation is 1. The van der Waals surface area contributed by atoms with E-state index in [9.17, 15) is 0 Å². The maximum atomic E-state index is 5.20. The third-order valence-electron chi connectivity index (χ3n) is 2.22. The molecule has 2 aromatic rings. The average molecular weight is 204 g/mol. The number of aromatic nitrogens is 1. The van der Waals surface area contributed by atoms with E-state index in [4.69, 9.17) is 4.84 Å². The van der Waals surface area contributed by atoms with Gasteiger partial charge < -0.3 is 0 Å². The minimum absolute atomic E-state index is 1.10. The van der Waals surface area contributed by atoms with Gasteiger partial charge in [0.25, 0.3) is 5.52 Å². The third kappa shape index (κ3) is 2.27. The number of rotatable bonds is 1. The van der Waals surface area contributed by atoms with Gasteiger partial charge in [-0.2, -0.15) is 0 Å². The van der Waals surface area contributed by atoms with Crippen molar-refractivity contribution >= 4 is 10.9 Å². The molecule has 0 amide bonds. The van der Waals surface area contributed by atoms with Crippen molar-refractivity contribution < 1.29 is 9.57 Å². The summed E-state index contributed by atoms with van der Waals surface area (Å²) >= 11 is 0. The van der Waals surface area contributed by atoms with Gasteiger partial charge in [-0.1, -0.05) is 26.0 Å². The molecule has 0 bridgehead atoms. The van der Waals surface area contributed by atoms with E-state index in [0.717, 1.165) is 5.52 Å². The Balaban J connectivity index is 0.000000531. The molecule has 0 fully saturated rings. The highest BCUT2D eigenvalue weighted by Crippen LogP contribution is 2.12. The van der Waals surface area contributed by atoms with Gasteiger partial charge in [-0.3, -0.25) is 4.84 Å². The fourth-order valence-corrected chi connectivity index (χ4v) is 1.51. The summed E-state index contributed by atoms with van der Waals surface area (Å²) in [7, 11) is 1.67. The van der Waals surface area contributed by atoms with Gasteiger partial charge in [-0.25, -0.2) is 0 Å². The van der Waals surface area contributed by atoms with E-state index in [2.05, 4.69) is 13.0 Å². The van der Waals surface area contributed by atoms with Crippen LogP contribution in [0.1, 0.15) is 19.4 Å². The first-order valence-corrected chi connectivity index (χ1v) is 5.27. The second-order valence-electron chi connectivity index (χ2n) is 3.02. The summed E-state index contributed by atoms with van der Waals surface area (Å²) in [6, 6.07) is 10.2. The maximum Gasteiger partial charge on any atom is 0.264 e. The molecule has 1 aromatic heterocycles. The molecule has 0 radical (unpaired) electrons. The number of hydrogen-bond donors (Lipinski definition) is 0. The molecule has 0 unspecified atom stereocenters. The van der Waals surface area contributed by atoms with Gasteiger partial charge in [0.2, 0.25) is 6.20 Å². The maximum absolute atomic E-state index is 5.20. The first-order valence-electron chi connectivity index (χ1n) is 5.27. The monoisotopic (exact) mass is 204 g/mol. The zero-order valence-corrected chi connectivity index (χ0v) is 9.82. The van der Waals surface area contributed by atoms with E-state index in [-0.39, 0.29) is 0 Å². The van der Waals surface area contributed by atoms with Crippen LogP contribution in [-0.4, -0.2) is 7.11 Å². The summed E-state index contributed by atoms with van der Waals surface area (Å²) < 4.78 is 1.77. The summed E-state index contributed by atoms with van der Waals surface area (Å²) in [6.45, 7) is 6.10. The molecule has 0 aliphatic heterocycles. The molecule has 2 heteroatoms. The van der Waals surface area contributed by atoms with Crippen LogP contribution in [0.5, 0.6) is 0 Å². The third-order valence-corrected chi connectivity index (χ3v) is 2.22. The lowest BCUT2D eigenvalue weighted by Gasteiger charge is -1.99. The summed E-state index contributed by atoms with van der Waals surface area (Å²) in [5.41, 5.74) is 2.37. The van der Waals surface area contributed by atoms with Gasteiger partial charge in [-0.15, -0.1) is 0 Å². The van der Waals surface area contributed by atoms with Crippen LogP contribution in [0.2, 0.25) is 0 Å². The largest absolute Gasteiger partial charge is 0.274 e. The minimum atomic E-state index is 1.10. The van der Waals surface area contributed by atoms with E-state index in [1.807, 2.05) is 44.3 Å². The van der Waals surface area contributed by atoms with Gasteiger partial charge >= 0.3 is 0 Å². The van der Waals surface area contributed by atoms with E-state index in [1.54, 1.807) is 11.8 Å². The lowest BCUT2D eigenvalue weighted by molar-refractivity contribution is -0.865. The molecule has 0 atom stereocenters. The highest BCUT2D eigenvalue weighted by molar-refractivity contribution is 5.78. The molecule has 80 valence electrons. The molecule has 1 aromatic carbocycles. The molecule has 0 N–H and O–H groups in total. The van der Waals surface area contributed by atoms with Crippen LogP contribution in [0.25, 0.3) is 10.9 Å². The fraction of sp³-hybridized carbons (Fsp3) is 0.308. The predicted octanol–water partition coefficient (Wildman–Crippen LogP) is 2.52. The van der Waals surface area contributed by atoms with E-state index >= 15 is 0 Å². The highest BCUT2D eigenvalue weighted by Gasteiger charge is 2.09. The Kier molecular flexibility index (Phi) is 4.10. The Labute approximate surface area is 91.1 Å². The van der Waals surface area contributed by atoms with Crippen LogP contribution >= 0.6 is 0 Å². The van der Waals surface area contributed by atoms with Crippen molar-refractivity contribution in [3.05, 3.63) is 42.1 Å². The molecule has 0 aliphatic carbocycles. The molecule has 2 nitrogen and oxygen atoms in total. The quantitative estimate of drug-likeness (QED) is 0.651. The van der Waals surface area contributed by atoms with Crippen molar-refractivity contribution in [3.8, 4) is 0 Å². The minimum Gasteiger partial charge on any atom is -0.274 e. The number of fused-ring (bicyclic) bond motifs is 1. The Morgan fingerprint density at radius 3 is 2.40 bits per heavy atom. The van der Waals surface area contributed by atoms with Gasteiger partial charge in [0.1, 0.15) is 7.11 Å². The number of benzene rings is 1. The molecule has 0 aliphatic rings. The Hall–Kier alpha value is -1.57. The number of nitrogens with zero attached hydrogens (tertiary/aromatic N) is 1. The van der Waals surface area contributed by atoms with Crippen molar-refractivity contribution in [2.24, 2.45) is 0 Å². The molecular weight excluding hydrogens is 186 g/mol. The fourth-order valence-electron chi connectivity index (χ4n) is 1.51. The molecular formula is C13H18NO+. The lowest BCUT2D eigenvalue weighted by Crippen LogP contribution is -2.40. The van der Waals surface area contributed by atoms with Crippen LogP contribution < -0.4 is 9.57 Å². The Morgan fingerprint density at radius 1 is 1.07 bits per heavy atom.